The van der Waals surface area contributed by atoms with Crippen molar-refractivity contribution in [2.75, 3.05) is 13.2 Å². The molecule has 0 aromatic rings. The maximum absolute atomic E-state index is 5.38. The van der Waals surface area contributed by atoms with Crippen molar-refractivity contribution in [2.45, 2.75) is 44.6 Å². The van der Waals surface area contributed by atoms with Gasteiger partial charge >= 0.3 is 0 Å². The van der Waals surface area contributed by atoms with E-state index in [1.165, 1.54) is 38.5 Å². The molecule has 2 nitrogen and oxygen atoms in total. The molecule has 1 aliphatic rings. The van der Waals surface area contributed by atoms with E-state index in [2.05, 4.69) is 0 Å². The van der Waals surface area contributed by atoms with Crippen LogP contribution in [-0.2, 0) is 4.74 Å². The first-order chi connectivity index (χ1) is 5.43. The molecule has 0 amide bonds. The highest BCUT2D eigenvalue weighted by molar-refractivity contribution is 4.68. The maximum atomic E-state index is 5.38. The summed E-state index contributed by atoms with van der Waals surface area (Å²) in [6.45, 7) is 1.87. The van der Waals surface area contributed by atoms with E-state index in [9.17, 15) is 0 Å². The Labute approximate surface area is 69.1 Å². The minimum absolute atomic E-state index is 0.629. The Morgan fingerprint density at radius 2 is 1.73 bits per heavy atom. The zero-order valence-electron chi connectivity index (χ0n) is 7.22. The first kappa shape index (κ1) is 9.01. The minimum atomic E-state index is 0.629. The molecule has 1 saturated heterocycles. The van der Waals surface area contributed by atoms with Gasteiger partial charge in [-0.3, -0.25) is 0 Å². The molecule has 2 heteroatoms. The van der Waals surface area contributed by atoms with Gasteiger partial charge in [0.15, 0.2) is 0 Å². The van der Waals surface area contributed by atoms with Crippen LogP contribution in [0.25, 0.3) is 0 Å². The summed E-state index contributed by atoms with van der Waals surface area (Å²) in [5.74, 6) is 0. The average Bonchev–Trinajstić information content (AvgIpc) is 2.80. The molecule has 0 bridgehead atoms. The van der Waals surface area contributed by atoms with Crippen LogP contribution < -0.4 is 5.73 Å². The lowest BCUT2D eigenvalue weighted by molar-refractivity contribution is 0.387. The molecule has 0 radical (unpaired) electrons. The van der Waals surface area contributed by atoms with Crippen molar-refractivity contribution in [3.05, 3.63) is 0 Å². The SMILES string of the molecule is NCCCCCCCC1CO1. The number of rotatable bonds is 7. The van der Waals surface area contributed by atoms with Gasteiger partial charge in [-0.1, -0.05) is 25.7 Å². The van der Waals surface area contributed by atoms with Crippen LogP contribution in [0.15, 0.2) is 0 Å². The Bertz CT molecular complexity index is 91.6. The van der Waals surface area contributed by atoms with Crippen LogP contribution in [0.2, 0.25) is 0 Å². The molecule has 0 aromatic carbocycles. The van der Waals surface area contributed by atoms with E-state index in [4.69, 9.17) is 10.5 Å². The normalized spacial score (nSPS) is 22.1. The molecule has 1 atom stereocenters. The zero-order valence-corrected chi connectivity index (χ0v) is 7.22. The molecule has 1 rings (SSSR count). The van der Waals surface area contributed by atoms with E-state index in [1.807, 2.05) is 0 Å². The monoisotopic (exact) mass is 157 g/mol. The smallest absolute Gasteiger partial charge is 0.0810 e. The van der Waals surface area contributed by atoms with Gasteiger partial charge in [-0.25, -0.2) is 0 Å². The molecule has 0 spiro atoms. The molecule has 0 aliphatic carbocycles. The van der Waals surface area contributed by atoms with Crippen molar-refractivity contribution in [2.24, 2.45) is 5.73 Å². The van der Waals surface area contributed by atoms with Crippen LogP contribution in [-0.4, -0.2) is 19.3 Å². The van der Waals surface area contributed by atoms with E-state index >= 15 is 0 Å². The standard InChI is InChI=1S/C9H19NO/c10-7-5-3-1-2-4-6-9-8-11-9/h9H,1-8,10H2. The van der Waals surface area contributed by atoms with E-state index in [0.29, 0.717) is 6.10 Å². The van der Waals surface area contributed by atoms with Crippen LogP contribution in [0.3, 0.4) is 0 Å². The Morgan fingerprint density at radius 1 is 1.09 bits per heavy atom. The van der Waals surface area contributed by atoms with Gasteiger partial charge in [0.1, 0.15) is 0 Å². The summed E-state index contributed by atoms with van der Waals surface area (Å²) in [5.41, 5.74) is 5.38. The molecule has 66 valence electrons. The second kappa shape index (κ2) is 5.56. The molecule has 1 unspecified atom stereocenters. The molecule has 2 N–H and O–H groups in total. The van der Waals surface area contributed by atoms with Gasteiger partial charge in [-0.15, -0.1) is 0 Å². The molecule has 0 saturated carbocycles. The number of epoxide rings is 1. The molecular formula is C9H19NO. The summed E-state index contributed by atoms with van der Waals surface area (Å²) in [6, 6.07) is 0. The summed E-state index contributed by atoms with van der Waals surface area (Å²) in [6.07, 6.45) is 8.47. The van der Waals surface area contributed by atoms with Crippen molar-refractivity contribution in [1.82, 2.24) is 0 Å². The Hall–Kier alpha value is -0.0800. The Kier molecular flexibility index (Phi) is 4.55. The predicted molar refractivity (Wildman–Crippen MR) is 46.5 cm³/mol. The second-order valence-corrected chi connectivity index (χ2v) is 3.30. The zero-order chi connectivity index (χ0) is 7.94. The van der Waals surface area contributed by atoms with Gasteiger partial charge in [0.05, 0.1) is 12.7 Å². The van der Waals surface area contributed by atoms with Crippen molar-refractivity contribution in [3.8, 4) is 0 Å². The van der Waals surface area contributed by atoms with Crippen molar-refractivity contribution < 1.29 is 4.74 Å². The Morgan fingerprint density at radius 3 is 2.36 bits per heavy atom. The maximum Gasteiger partial charge on any atom is 0.0810 e. The van der Waals surface area contributed by atoms with Gasteiger partial charge in [0, 0.05) is 0 Å². The summed E-state index contributed by atoms with van der Waals surface area (Å²) in [4.78, 5) is 0. The first-order valence-electron chi connectivity index (χ1n) is 4.75. The molecule has 1 heterocycles. The molecule has 1 aliphatic heterocycles. The fourth-order valence-electron chi connectivity index (χ4n) is 1.28. The first-order valence-corrected chi connectivity index (χ1v) is 4.75. The van der Waals surface area contributed by atoms with Crippen molar-refractivity contribution >= 4 is 0 Å². The molecule has 1 fully saturated rings. The largest absolute Gasteiger partial charge is 0.373 e. The average molecular weight is 157 g/mol. The third-order valence-corrected chi connectivity index (χ3v) is 2.13. The van der Waals surface area contributed by atoms with Crippen molar-refractivity contribution in [3.63, 3.8) is 0 Å². The molecular weight excluding hydrogens is 138 g/mol. The van der Waals surface area contributed by atoms with E-state index in [0.717, 1.165) is 13.2 Å². The van der Waals surface area contributed by atoms with Crippen LogP contribution >= 0.6 is 0 Å². The summed E-state index contributed by atoms with van der Waals surface area (Å²) >= 11 is 0. The number of ether oxygens (including phenoxy) is 1. The highest BCUT2D eigenvalue weighted by atomic mass is 16.6. The molecule has 0 aromatic heterocycles. The number of unbranched alkanes of at least 4 members (excludes halogenated alkanes) is 4. The van der Waals surface area contributed by atoms with Gasteiger partial charge in [0.25, 0.3) is 0 Å². The topological polar surface area (TPSA) is 38.5 Å². The lowest BCUT2D eigenvalue weighted by Crippen LogP contribution is -1.97. The lowest BCUT2D eigenvalue weighted by Gasteiger charge is -1.97. The van der Waals surface area contributed by atoms with E-state index < -0.39 is 0 Å². The second-order valence-electron chi connectivity index (χ2n) is 3.30. The fourth-order valence-corrected chi connectivity index (χ4v) is 1.28. The highest BCUT2D eigenvalue weighted by Crippen LogP contribution is 2.17. The highest BCUT2D eigenvalue weighted by Gasteiger charge is 2.20. The lowest BCUT2D eigenvalue weighted by atomic mass is 10.1. The summed E-state index contributed by atoms with van der Waals surface area (Å²) in [7, 11) is 0. The van der Waals surface area contributed by atoms with E-state index in [1.54, 1.807) is 0 Å². The number of hydrogen-bond acceptors (Lipinski definition) is 2. The van der Waals surface area contributed by atoms with Crippen LogP contribution in [0, 0.1) is 0 Å². The third kappa shape index (κ3) is 5.22. The summed E-state index contributed by atoms with van der Waals surface area (Å²) < 4.78 is 5.12. The molecule has 11 heavy (non-hydrogen) atoms. The van der Waals surface area contributed by atoms with Crippen LogP contribution in [0.5, 0.6) is 0 Å². The number of nitrogens with two attached hydrogens (primary N) is 1. The van der Waals surface area contributed by atoms with Gasteiger partial charge in [-0.05, 0) is 19.4 Å². The van der Waals surface area contributed by atoms with Gasteiger partial charge in [0.2, 0.25) is 0 Å². The fraction of sp³-hybridized carbons (Fsp3) is 1.00. The minimum Gasteiger partial charge on any atom is -0.373 e. The quantitative estimate of drug-likeness (QED) is 0.451. The summed E-state index contributed by atoms with van der Waals surface area (Å²) in [5, 5.41) is 0. The van der Waals surface area contributed by atoms with Gasteiger partial charge < -0.3 is 10.5 Å². The third-order valence-electron chi connectivity index (χ3n) is 2.13. The van der Waals surface area contributed by atoms with Gasteiger partial charge in [-0.2, -0.15) is 0 Å². The van der Waals surface area contributed by atoms with Crippen molar-refractivity contribution in [1.29, 1.82) is 0 Å². The van der Waals surface area contributed by atoms with E-state index in [-0.39, 0.29) is 0 Å². The predicted octanol–water partition coefficient (Wildman–Crippen LogP) is 1.68. The van der Waals surface area contributed by atoms with Crippen LogP contribution in [0.4, 0.5) is 0 Å². The number of hydrogen-bond donors (Lipinski definition) is 1. The van der Waals surface area contributed by atoms with Crippen LogP contribution in [0.1, 0.15) is 38.5 Å². The Balaban J connectivity index is 1.66.